The number of carbonyl (C=O) groups is 1. The van der Waals surface area contributed by atoms with Crippen molar-refractivity contribution >= 4 is 6.29 Å². The van der Waals surface area contributed by atoms with Crippen molar-refractivity contribution in [2.75, 3.05) is 0 Å². The molecule has 1 aromatic carbocycles. The maximum Gasteiger partial charge on any atom is 0.172 e. The van der Waals surface area contributed by atoms with E-state index in [0.29, 0.717) is 5.69 Å². The summed E-state index contributed by atoms with van der Waals surface area (Å²) in [5.74, 6) is 0. The smallest absolute Gasteiger partial charge is 0.172 e. The van der Waals surface area contributed by atoms with Crippen LogP contribution in [0.3, 0.4) is 0 Å². The van der Waals surface area contributed by atoms with Crippen molar-refractivity contribution in [2.24, 2.45) is 0 Å². The Morgan fingerprint density at radius 1 is 1.28 bits per heavy atom. The van der Waals surface area contributed by atoms with Crippen molar-refractivity contribution in [1.29, 1.82) is 0 Å². The third kappa shape index (κ3) is 2.18. The van der Waals surface area contributed by atoms with Crippen molar-refractivity contribution in [3.63, 3.8) is 0 Å². The van der Waals surface area contributed by atoms with E-state index in [1.54, 1.807) is 4.68 Å². The summed E-state index contributed by atoms with van der Waals surface area (Å²) in [4.78, 5) is 11.0. The first-order valence-corrected chi connectivity index (χ1v) is 6.14. The standard InChI is InChI=1S/C14H17N3O/c1-4-5-14-13(9-18)15-16-17(14)12-7-6-10(2)11(3)8-12/h6-9H,4-5H2,1-3H3. The van der Waals surface area contributed by atoms with Crippen LogP contribution in [0.2, 0.25) is 0 Å². The van der Waals surface area contributed by atoms with E-state index in [9.17, 15) is 4.79 Å². The zero-order valence-electron chi connectivity index (χ0n) is 11.0. The molecule has 0 saturated heterocycles. The van der Waals surface area contributed by atoms with Gasteiger partial charge in [-0.15, -0.1) is 5.10 Å². The van der Waals surface area contributed by atoms with E-state index in [2.05, 4.69) is 43.2 Å². The van der Waals surface area contributed by atoms with E-state index in [0.717, 1.165) is 30.5 Å². The van der Waals surface area contributed by atoms with E-state index in [4.69, 9.17) is 0 Å². The lowest BCUT2D eigenvalue weighted by atomic mass is 10.1. The van der Waals surface area contributed by atoms with Crippen LogP contribution in [0.5, 0.6) is 0 Å². The number of rotatable bonds is 4. The fraction of sp³-hybridized carbons (Fsp3) is 0.357. The first-order valence-electron chi connectivity index (χ1n) is 6.14. The van der Waals surface area contributed by atoms with Crippen LogP contribution in [0.1, 0.15) is 40.7 Å². The number of nitrogens with zero attached hydrogens (tertiary/aromatic N) is 3. The highest BCUT2D eigenvalue weighted by molar-refractivity contribution is 5.73. The molecule has 0 radical (unpaired) electrons. The Bertz CT molecular complexity index is 572. The summed E-state index contributed by atoms with van der Waals surface area (Å²) in [5.41, 5.74) is 4.73. The molecule has 0 aliphatic heterocycles. The van der Waals surface area contributed by atoms with Gasteiger partial charge in [-0.3, -0.25) is 4.79 Å². The van der Waals surface area contributed by atoms with E-state index >= 15 is 0 Å². The summed E-state index contributed by atoms with van der Waals surface area (Å²) >= 11 is 0. The van der Waals surface area contributed by atoms with E-state index in [-0.39, 0.29) is 0 Å². The summed E-state index contributed by atoms with van der Waals surface area (Å²) in [6.07, 6.45) is 2.53. The monoisotopic (exact) mass is 243 g/mol. The Morgan fingerprint density at radius 3 is 2.67 bits per heavy atom. The van der Waals surface area contributed by atoms with Gasteiger partial charge in [0.15, 0.2) is 6.29 Å². The molecule has 4 heteroatoms. The van der Waals surface area contributed by atoms with Gasteiger partial charge in [0.05, 0.1) is 11.4 Å². The van der Waals surface area contributed by atoms with Crippen LogP contribution in [0, 0.1) is 13.8 Å². The molecule has 0 fully saturated rings. The molecule has 94 valence electrons. The highest BCUT2D eigenvalue weighted by Gasteiger charge is 2.13. The summed E-state index contributed by atoms with van der Waals surface area (Å²) in [5, 5.41) is 8.01. The third-order valence-electron chi connectivity index (χ3n) is 3.13. The Hall–Kier alpha value is -1.97. The lowest BCUT2D eigenvalue weighted by Crippen LogP contribution is -2.04. The van der Waals surface area contributed by atoms with Crippen LogP contribution in [0.25, 0.3) is 5.69 Å². The van der Waals surface area contributed by atoms with Gasteiger partial charge in [0.2, 0.25) is 0 Å². The maximum atomic E-state index is 11.0. The molecule has 0 spiro atoms. The van der Waals surface area contributed by atoms with Crippen LogP contribution < -0.4 is 0 Å². The van der Waals surface area contributed by atoms with Gasteiger partial charge >= 0.3 is 0 Å². The average Bonchev–Trinajstić information content (AvgIpc) is 2.76. The third-order valence-corrected chi connectivity index (χ3v) is 3.13. The minimum atomic E-state index is 0.440. The maximum absolute atomic E-state index is 11.0. The van der Waals surface area contributed by atoms with Gasteiger partial charge in [-0.25, -0.2) is 4.68 Å². The molecule has 0 atom stereocenters. The Labute approximate surface area is 107 Å². The van der Waals surface area contributed by atoms with Crippen LogP contribution in [0.15, 0.2) is 18.2 Å². The molecule has 0 saturated carbocycles. The lowest BCUT2D eigenvalue weighted by Gasteiger charge is -2.08. The van der Waals surface area contributed by atoms with Crippen molar-refractivity contribution < 1.29 is 4.79 Å². The molecule has 4 nitrogen and oxygen atoms in total. The molecule has 0 aliphatic carbocycles. The molecule has 0 amide bonds. The molecule has 0 aliphatic rings. The second-order valence-corrected chi connectivity index (χ2v) is 4.47. The van der Waals surface area contributed by atoms with Gasteiger partial charge in [-0.2, -0.15) is 0 Å². The Balaban J connectivity index is 2.52. The average molecular weight is 243 g/mol. The van der Waals surface area contributed by atoms with Gasteiger partial charge in [-0.1, -0.05) is 24.6 Å². The van der Waals surface area contributed by atoms with Gasteiger partial charge in [0, 0.05) is 0 Å². The molecule has 2 aromatic rings. The summed E-state index contributed by atoms with van der Waals surface area (Å²) in [6, 6.07) is 6.13. The first kappa shape index (κ1) is 12.5. The minimum Gasteiger partial charge on any atom is -0.296 e. The second kappa shape index (κ2) is 5.12. The van der Waals surface area contributed by atoms with Crippen molar-refractivity contribution in [2.45, 2.75) is 33.6 Å². The van der Waals surface area contributed by atoms with Gasteiger partial charge in [-0.05, 0) is 43.5 Å². The number of aldehydes is 1. The van der Waals surface area contributed by atoms with Gasteiger partial charge in [0.1, 0.15) is 5.69 Å². The van der Waals surface area contributed by atoms with Crippen molar-refractivity contribution in [3.05, 3.63) is 40.7 Å². The minimum absolute atomic E-state index is 0.440. The summed E-state index contributed by atoms with van der Waals surface area (Å²) in [6.45, 7) is 6.21. The fourth-order valence-corrected chi connectivity index (χ4v) is 1.94. The second-order valence-electron chi connectivity index (χ2n) is 4.47. The Morgan fingerprint density at radius 2 is 2.06 bits per heavy atom. The first-order chi connectivity index (χ1) is 8.67. The van der Waals surface area contributed by atoms with Crippen molar-refractivity contribution in [1.82, 2.24) is 15.0 Å². The number of carbonyl (C=O) groups excluding carboxylic acids is 1. The van der Waals surface area contributed by atoms with Crippen LogP contribution in [-0.4, -0.2) is 21.3 Å². The molecular formula is C14H17N3O. The molecule has 2 rings (SSSR count). The molecular weight excluding hydrogens is 226 g/mol. The summed E-state index contributed by atoms with van der Waals surface area (Å²) < 4.78 is 1.76. The van der Waals surface area contributed by atoms with Crippen molar-refractivity contribution in [3.8, 4) is 5.69 Å². The SMILES string of the molecule is CCCc1c(C=O)nnn1-c1ccc(C)c(C)c1. The number of benzene rings is 1. The molecule has 1 aromatic heterocycles. The zero-order chi connectivity index (χ0) is 13.1. The lowest BCUT2D eigenvalue weighted by molar-refractivity contribution is 0.111. The van der Waals surface area contributed by atoms with Crippen LogP contribution in [0.4, 0.5) is 0 Å². The predicted octanol–water partition coefficient (Wildman–Crippen LogP) is 2.65. The highest BCUT2D eigenvalue weighted by atomic mass is 16.1. The molecule has 1 heterocycles. The van der Waals surface area contributed by atoms with Gasteiger partial charge < -0.3 is 0 Å². The molecule has 0 unspecified atom stereocenters. The zero-order valence-corrected chi connectivity index (χ0v) is 11.0. The number of aryl methyl sites for hydroxylation is 2. The number of hydrogen-bond donors (Lipinski definition) is 0. The topological polar surface area (TPSA) is 47.8 Å². The summed E-state index contributed by atoms with van der Waals surface area (Å²) in [7, 11) is 0. The van der Waals surface area contributed by atoms with Crippen LogP contribution in [-0.2, 0) is 6.42 Å². The Kier molecular flexibility index (Phi) is 3.55. The molecule has 0 bridgehead atoms. The largest absolute Gasteiger partial charge is 0.296 e. The van der Waals surface area contributed by atoms with E-state index in [1.807, 2.05) is 6.07 Å². The van der Waals surface area contributed by atoms with Gasteiger partial charge in [0.25, 0.3) is 0 Å². The molecule has 0 N–H and O–H groups in total. The van der Waals surface area contributed by atoms with E-state index in [1.165, 1.54) is 11.1 Å². The predicted molar refractivity (Wildman–Crippen MR) is 70.2 cm³/mol. The number of aromatic nitrogens is 3. The van der Waals surface area contributed by atoms with E-state index < -0.39 is 0 Å². The van der Waals surface area contributed by atoms with Crippen LogP contribution >= 0.6 is 0 Å². The number of hydrogen-bond acceptors (Lipinski definition) is 3. The normalized spacial score (nSPS) is 10.6. The fourth-order valence-electron chi connectivity index (χ4n) is 1.94. The molecule has 18 heavy (non-hydrogen) atoms. The quantitative estimate of drug-likeness (QED) is 0.776. The highest BCUT2D eigenvalue weighted by Crippen LogP contribution is 2.17.